The smallest absolute Gasteiger partial charge is 0.148 e. The van der Waals surface area contributed by atoms with Crippen molar-refractivity contribution in [3.63, 3.8) is 0 Å². The minimum absolute atomic E-state index is 0.0474. The van der Waals surface area contributed by atoms with Gasteiger partial charge in [-0.15, -0.1) is 0 Å². The average Bonchev–Trinajstić information content (AvgIpc) is 2.49. The highest BCUT2D eigenvalue weighted by molar-refractivity contribution is 7.92. The molecule has 0 aromatic carbocycles. The fraction of sp³-hybridized carbons (Fsp3) is 0.909. The molecule has 1 aliphatic rings. The van der Waals surface area contributed by atoms with Gasteiger partial charge in [-0.25, -0.2) is 8.42 Å². The summed E-state index contributed by atoms with van der Waals surface area (Å²) < 4.78 is 34.1. The quantitative estimate of drug-likeness (QED) is 0.725. The Bertz CT molecular complexity index is 411. The van der Waals surface area contributed by atoms with Gasteiger partial charge in [0, 0.05) is 22.8 Å². The molecule has 17 heavy (non-hydrogen) atoms. The number of rotatable bonds is 4. The van der Waals surface area contributed by atoms with Crippen LogP contribution in [0, 0.1) is 17.2 Å². The molecule has 3 atom stereocenters. The second-order valence-electron chi connectivity index (χ2n) is 4.63. The Kier molecular flexibility index (Phi) is 5.60. The van der Waals surface area contributed by atoms with Gasteiger partial charge in [0.2, 0.25) is 0 Å². The first kappa shape index (κ1) is 14.7. The summed E-state index contributed by atoms with van der Waals surface area (Å²) in [6, 6.07) is 2.23. The molecule has 0 N–H and O–H groups in total. The molecule has 4 nitrogen and oxygen atoms in total. The van der Waals surface area contributed by atoms with Gasteiger partial charge in [-0.1, -0.05) is 19.3 Å². The van der Waals surface area contributed by atoms with Crippen LogP contribution in [0.25, 0.3) is 0 Å². The molecular formula is C11H19NO3S2. The van der Waals surface area contributed by atoms with Crippen LogP contribution in [0.2, 0.25) is 0 Å². The van der Waals surface area contributed by atoms with E-state index < -0.39 is 20.6 Å². The van der Waals surface area contributed by atoms with Crippen molar-refractivity contribution in [2.75, 3.05) is 17.8 Å². The molecule has 1 rings (SSSR count). The summed E-state index contributed by atoms with van der Waals surface area (Å²) in [6.07, 6.45) is 5.82. The Hall–Kier alpha value is -0.410. The van der Waals surface area contributed by atoms with Crippen molar-refractivity contribution in [3.8, 4) is 6.07 Å². The summed E-state index contributed by atoms with van der Waals surface area (Å²) >= 11 is 0. The summed E-state index contributed by atoms with van der Waals surface area (Å²) in [5.74, 6) is -0.0476. The molecule has 0 heterocycles. The summed E-state index contributed by atoms with van der Waals surface area (Å²) in [6.45, 7) is 0. The van der Waals surface area contributed by atoms with Crippen LogP contribution in [0.4, 0.5) is 0 Å². The Morgan fingerprint density at radius 1 is 1.29 bits per heavy atom. The van der Waals surface area contributed by atoms with E-state index in [4.69, 9.17) is 5.26 Å². The van der Waals surface area contributed by atoms with Crippen molar-refractivity contribution in [3.05, 3.63) is 0 Å². The van der Waals surface area contributed by atoms with Crippen LogP contribution in [0.15, 0.2) is 0 Å². The second-order valence-corrected chi connectivity index (χ2v) is 8.66. The first-order valence-electron chi connectivity index (χ1n) is 5.88. The van der Waals surface area contributed by atoms with Gasteiger partial charge in [-0.3, -0.25) is 4.21 Å². The molecular weight excluding hydrogens is 258 g/mol. The third-order valence-electron chi connectivity index (χ3n) is 3.11. The molecule has 0 aromatic rings. The van der Waals surface area contributed by atoms with E-state index in [1.54, 1.807) is 0 Å². The summed E-state index contributed by atoms with van der Waals surface area (Å²) in [5.41, 5.74) is 0. The first-order valence-corrected chi connectivity index (χ1v) is 9.33. The number of sulfone groups is 1. The topological polar surface area (TPSA) is 75.0 Å². The standard InChI is InChI=1S/C11H19NO3S2/c1-17(14,15)8-7-16(13)11-6-4-2-3-5-10(11)9-12/h10-11H,2-8H2,1H3. The molecule has 1 aliphatic carbocycles. The van der Waals surface area contributed by atoms with E-state index in [2.05, 4.69) is 6.07 Å². The number of nitriles is 1. The average molecular weight is 277 g/mol. The van der Waals surface area contributed by atoms with Crippen molar-refractivity contribution >= 4 is 20.6 Å². The Morgan fingerprint density at radius 2 is 1.94 bits per heavy atom. The minimum atomic E-state index is -3.07. The molecule has 98 valence electrons. The number of nitrogens with zero attached hydrogens (tertiary/aromatic N) is 1. The lowest BCUT2D eigenvalue weighted by molar-refractivity contribution is 0.564. The number of hydrogen-bond donors (Lipinski definition) is 0. The maximum atomic E-state index is 12.1. The van der Waals surface area contributed by atoms with Gasteiger partial charge in [-0.05, 0) is 12.8 Å². The lowest BCUT2D eigenvalue weighted by atomic mass is 10.0. The molecule has 0 saturated heterocycles. The van der Waals surface area contributed by atoms with E-state index in [0.717, 1.165) is 38.4 Å². The van der Waals surface area contributed by atoms with Gasteiger partial charge < -0.3 is 0 Å². The molecule has 0 aliphatic heterocycles. The van der Waals surface area contributed by atoms with E-state index in [1.165, 1.54) is 0 Å². The van der Waals surface area contributed by atoms with Crippen LogP contribution in [-0.2, 0) is 20.6 Å². The molecule has 0 bridgehead atoms. The summed E-state index contributed by atoms with van der Waals surface area (Å²) in [4.78, 5) is 0. The highest BCUT2D eigenvalue weighted by Gasteiger charge is 2.28. The zero-order valence-corrected chi connectivity index (χ0v) is 11.7. The molecule has 0 radical (unpaired) electrons. The predicted molar refractivity (Wildman–Crippen MR) is 68.7 cm³/mol. The number of hydrogen-bond acceptors (Lipinski definition) is 4. The normalized spacial score (nSPS) is 28.0. The van der Waals surface area contributed by atoms with Crippen molar-refractivity contribution in [1.82, 2.24) is 0 Å². The predicted octanol–water partition coefficient (Wildman–Crippen LogP) is 1.25. The Labute approximate surface area is 106 Å². The van der Waals surface area contributed by atoms with Crippen molar-refractivity contribution in [2.24, 2.45) is 5.92 Å². The fourth-order valence-corrected chi connectivity index (χ4v) is 5.28. The zero-order valence-electron chi connectivity index (χ0n) is 10.1. The lowest BCUT2D eigenvalue weighted by Crippen LogP contribution is -2.27. The van der Waals surface area contributed by atoms with E-state index in [0.29, 0.717) is 0 Å². The second kappa shape index (κ2) is 6.50. The monoisotopic (exact) mass is 277 g/mol. The van der Waals surface area contributed by atoms with Crippen molar-refractivity contribution in [1.29, 1.82) is 5.26 Å². The summed E-state index contributed by atoms with van der Waals surface area (Å²) in [7, 11) is -4.26. The molecule has 3 unspecified atom stereocenters. The zero-order chi connectivity index (χ0) is 12.9. The molecule has 0 amide bonds. The largest absolute Gasteiger partial charge is 0.259 e. The van der Waals surface area contributed by atoms with Crippen LogP contribution >= 0.6 is 0 Å². The van der Waals surface area contributed by atoms with Gasteiger partial charge in [0.05, 0.1) is 23.0 Å². The van der Waals surface area contributed by atoms with Gasteiger partial charge >= 0.3 is 0 Å². The Morgan fingerprint density at radius 3 is 2.53 bits per heavy atom. The van der Waals surface area contributed by atoms with Crippen LogP contribution in [0.1, 0.15) is 32.1 Å². The van der Waals surface area contributed by atoms with E-state index >= 15 is 0 Å². The van der Waals surface area contributed by atoms with E-state index in [1.807, 2.05) is 0 Å². The Balaban J connectivity index is 2.62. The van der Waals surface area contributed by atoms with Gasteiger partial charge in [0.1, 0.15) is 9.84 Å². The van der Waals surface area contributed by atoms with Gasteiger partial charge in [0.25, 0.3) is 0 Å². The fourth-order valence-electron chi connectivity index (χ4n) is 2.12. The molecule has 6 heteroatoms. The van der Waals surface area contributed by atoms with Crippen molar-refractivity contribution in [2.45, 2.75) is 37.4 Å². The van der Waals surface area contributed by atoms with Gasteiger partial charge in [0.15, 0.2) is 0 Å². The highest BCUT2D eigenvalue weighted by Crippen LogP contribution is 2.26. The van der Waals surface area contributed by atoms with E-state index in [-0.39, 0.29) is 22.7 Å². The molecule has 0 aromatic heterocycles. The maximum absolute atomic E-state index is 12.1. The SMILES string of the molecule is CS(=O)(=O)CCS(=O)C1CCCCCC1C#N. The van der Waals surface area contributed by atoms with Gasteiger partial charge in [-0.2, -0.15) is 5.26 Å². The van der Waals surface area contributed by atoms with Crippen LogP contribution in [0.5, 0.6) is 0 Å². The van der Waals surface area contributed by atoms with Crippen LogP contribution < -0.4 is 0 Å². The molecule has 0 spiro atoms. The third kappa shape index (κ3) is 5.17. The highest BCUT2D eigenvalue weighted by atomic mass is 32.2. The molecule has 1 saturated carbocycles. The van der Waals surface area contributed by atoms with E-state index in [9.17, 15) is 12.6 Å². The third-order valence-corrected chi connectivity index (χ3v) is 6.16. The molecule has 1 fully saturated rings. The van der Waals surface area contributed by atoms with Crippen LogP contribution in [0.3, 0.4) is 0 Å². The summed E-state index contributed by atoms with van der Waals surface area (Å²) in [5, 5.41) is 8.93. The maximum Gasteiger partial charge on any atom is 0.148 e. The minimum Gasteiger partial charge on any atom is -0.259 e. The van der Waals surface area contributed by atoms with Crippen molar-refractivity contribution < 1.29 is 12.6 Å². The lowest BCUT2D eigenvalue weighted by Gasteiger charge is -2.18. The first-order chi connectivity index (χ1) is 7.94. The van der Waals surface area contributed by atoms with Crippen LogP contribution in [-0.4, -0.2) is 35.6 Å².